The van der Waals surface area contributed by atoms with Crippen molar-refractivity contribution in [2.24, 2.45) is 7.05 Å². The fourth-order valence-corrected chi connectivity index (χ4v) is 2.32. The van der Waals surface area contributed by atoms with E-state index < -0.39 is 0 Å². The lowest BCUT2D eigenvalue weighted by molar-refractivity contribution is -0.135. The zero-order valence-electron chi connectivity index (χ0n) is 11.6. The lowest BCUT2D eigenvalue weighted by Crippen LogP contribution is -2.62. The van der Waals surface area contributed by atoms with Gasteiger partial charge in [-0.15, -0.1) is 0 Å². The highest BCUT2D eigenvalue weighted by Gasteiger charge is 2.40. The normalized spacial score (nSPS) is 20.6. The van der Waals surface area contributed by atoms with Crippen molar-refractivity contribution in [3.63, 3.8) is 0 Å². The average molecular weight is 250 g/mol. The summed E-state index contributed by atoms with van der Waals surface area (Å²) in [5.74, 6) is 0.113. The molecule has 0 saturated carbocycles. The Hall–Kier alpha value is -1.36. The van der Waals surface area contributed by atoms with Crippen LogP contribution in [-0.2, 0) is 18.4 Å². The van der Waals surface area contributed by atoms with Crippen LogP contribution in [0.5, 0.6) is 0 Å². The molecular weight excluding hydrogens is 228 g/mol. The number of hydrogen-bond acceptors (Lipinski definition) is 3. The van der Waals surface area contributed by atoms with E-state index in [1.165, 1.54) is 0 Å². The minimum absolute atomic E-state index is 0.0220. The summed E-state index contributed by atoms with van der Waals surface area (Å²) in [7, 11) is 1.92. The van der Waals surface area contributed by atoms with Gasteiger partial charge in [-0.05, 0) is 27.2 Å². The van der Waals surface area contributed by atoms with Gasteiger partial charge in [0.05, 0.1) is 24.6 Å². The molecule has 5 heteroatoms. The molecule has 0 aromatic carbocycles. The SMILES string of the molecule is Cn1cnc(CNC(=O)C2CCN2C(C)(C)C)c1. The minimum Gasteiger partial charge on any atom is -0.349 e. The number of rotatable bonds is 3. The Morgan fingerprint density at radius 1 is 1.56 bits per heavy atom. The fraction of sp³-hybridized carbons (Fsp3) is 0.692. The third kappa shape index (κ3) is 2.72. The van der Waals surface area contributed by atoms with Crippen LogP contribution in [0.1, 0.15) is 32.9 Å². The summed E-state index contributed by atoms with van der Waals surface area (Å²) < 4.78 is 1.88. The van der Waals surface area contributed by atoms with Gasteiger partial charge in [-0.2, -0.15) is 0 Å². The van der Waals surface area contributed by atoms with E-state index in [1.807, 2.05) is 17.8 Å². The molecule has 5 nitrogen and oxygen atoms in total. The van der Waals surface area contributed by atoms with E-state index in [4.69, 9.17) is 0 Å². The highest BCUT2D eigenvalue weighted by Crippen LogP contribution is 2.27. The van der Waals surface area contributed by atoms with Crippen LogP contribution < -0.4 is 5.32 Å². The largest absolute Gasteiger partial charge is 0.349 e. The molecule has 1 N–H and O–H groups in total. The Kier molecular flexibility index (Phi) is 3.43. The van der Waals surface area contributed by atoms with E-state index >= 15 is 0 Å². The van der Waals surface area contributed by atoms with Gasteiger partial charge in [0.15, 0.2) is 0 Å². The van der Waals surface area contributed by atoms with E-state index in [-0.39, 0.29) is 17.5 Å². The summed E-state index contributed by atoms with van der Waals surface area (Å²) in [5.41, 5.74) is 0.957. The molecule has 1 unspecified atom stereocenters. The van der Waals surface area contributed by atoms with Gasteiger partial charge in [0.1, 0.15) is 0 Å². The average Bonchev–Trinajstić information content (AvgIpc) is 2.56. The standard InChI is InChI=1S/C13H22N4O/c1-13(2,3)17-6-5-11(17)12(18)14-7-10-8-16(4)9-15-10/h8-9,11H,5-7H2,1-4H3,(H,14,18). The van der Waals surface area contributed by atoms with Gasteiger partial charge in [0, 0.05) is 25.3 Å². The Balaban J connectivity index is 1.85. The second-order valence-corrected chi connectivity index (χ2v) is 5.92. The van der Waals surface area contributed by atoms with E-state index in [9.17, 15) is 4.79 Å². The van der Waals surface area contributed by atoms with Crippen molar-refractivity contribution in [2.45, 2.75) is 45.3 Å². The third-order valence-corrected chi connectivity index (χ3v) is 3.39. The Morgan fingerprint density at radius 3 is 2.72 bits per heavy atom. The number of carbonyl (C=O) groups excluding carboxylic acids is 1. The second kappa shape index (κ2) is 4.72. The molecule has 1 amide bonds. The van der Waals surface area contributed by atoms with Gasteiger partial charge in [-0.1, -0.05) is 0 Å². The molecule has 2 heterocycles. The predicted molar refractivity (Wildman–Crippen MR) is 69.9 cm³/mol. The van der Waals surface area contributed by atoms with E-state index in [1.54, 1.807) is 6.33 Å². The first-order valence-electron chi connectivity index (χ1n) is 6.39. The lowest BCUT2D eigenvalue weighted by Gasteiger charge is -2.48. The van der Waals surface area contributed by atoms with Crippen molar-refractivity contribution in [2.75, 3.05) is 6.54 Å². The Labute approximate surface area is 108 Å². The summed E-state index contributed by atoms with van der Waals surface area (Å²) in [6.07, 6.45) is 4.61. The maximum atomic E-state index is 12.1. The van der Waals surface area contributed by atoms with Crippen LogP contribution in [0.4, 0.5) is 0 Å². The summed E-state index contributed by atoms with van der Waals surface area (Å²) >= 11 is 0. The van der Waals surface area contributed by atoms with Gasteiger partial charge >= 0.3 is 0 Å². The fourth-order valence-electron chi connectivity index (χ4n) is 2.32. The Bertz CT molecular complexity index is 432. The topological polar surface area (TPSA) is 50.2 Å². The summed E-state index contributed by atoms with van der Waals surface area (Å²) in [4.78, 5) is 18.5. The molecule has 1 fully saturated rings. The molecule has 0 aliphatic carbocycles. The van der Waals surface area contributed by atoms with Gasteiger partial charge in [-0.25, -0.2) is 4.98 Å². The number of nitrogens with one attached hydrogen (secondary N) is 1. The van der Waals surface area contributed by atoms with Crippen LogP contribution in [0.3, 0.4) is 0 Å². The second-order valence-electron chi connectivity index (χ2n) is 5.92. The Morgan fingerprint density at radius 2 is 2.28 bits per heavy atom. The number of hydrogen-bond donors (Lipinski definition) is 1. The number of aryl methyl sites for hydroxylation is 1. The monoisotopic (exact) mass is 250 g/mol. The van der Waals surface area contributed by atoms with E-state index in [0.29, 0.717) is 6.54 Å². The minimum atomic E-state index is 0.0220. The third-order valence-electron chi connectivity index (χ3n) is 3.39. The molecule has 100 valence electrons. The maximum Gasteiger partial charge on any atom is 0.237 e. The van der Waals surface area contributed by atoms with Gasteiger partial charge < -0.3 is 9.88 Å². The molecule has 0 bridgehead atoms. The van der Waals surface area contributed by atoms with Crippen LogP contribution in [-0.4, -0.2) is 38.5 Å². The molecule has 1 saturated heterocycles. The van der Waals surface area contributed by atoms with E-state index in [0.717, 1.165) is 18.7 Å². The first-order valence-corrected chi connectivity index (χ1v) is 6.39. The highest BCUT2D eigenvalue weighted by atomic mass is 16.2. The van der Waals surface area contributed by atoms with Crippen LogP contribution in [0, 0.1) is 0 Å². The van der Waals surface area contributed by atoms with Gasteiger partial charge in [-0.3, -0.25) is 9.69 Å². The molecule has 0 radical (unpaired) electrons. The summed E-state index contributed by atoms with van der Waals surface area (Å²) in [5, 5.41) is 2.96. The van der Waals surface area contributed by atoms with Gasteiger partial charge in [0.25, 0.3) is 0 Å². The van der Waals surface area contributed by atoms with Crippen molar-refractivity contribution in [3.05, 3.63) is 18.2 Å². The summed E-state index contributed by atoms with van der Waals surface area (Å²) in [6.45, 7) is 7.95. The molecule has 1 aliphatic rings. The van der Waals surface area contributed by atoms with Gasteiger partial charge in [0.2, 0.25) is 5.91 Å². The zero-order valence-corrected chi connectivity index (χ0v) is 11.6. The quantitative estimate of drug-likeness (QED) is 0.867. The molecule has 1 atom stereocenters. The van der Waals surface area contributed by atoms with E-state index in [2.05, 4.69) is 36.0 Å². The predicted octanol–water partition coefficient (Wildman–Crippen LogP) is 0.909. The highest BCUT2D eigenvalue weighted by molar-refractivity contribution is 5.82. The van der Waals surface area contributed by atoms with Crippen molar-refractivity contribution in [1.29, 1.82) is 0 Å². The molecule has 1 aromatic rings. The molecule has 0 spiro atoms. The molecule has 2 rings (SSSR count). The number of likely N-dealkylation sites (tertiary alicyclic amines) is 1. The summed E-state index contributed by atoms with van der Waals surface area (Å²) in [6, 6.07) is 0.0220. The van der Waals surface area contributed by atoms with Crippen LogP contribution in [0.15, 0.2) is 12.5 Å². The zero-order chi connectivity index (χ0) is 13.3. The maximum absolute atomic E-state index is 12.1. The van der Waals surface area contributed by atoms with Crippen molar-refractivity contribution in [1.82, 2.24) is 19.8 Å². The lowest BCUT2D eigenvalue weighted by atomic mass is 9.93. The number of carbonyl (C=O) groups is 1. The number of aromatic nitrogens is 2. The molecule has 1 aromatic heterocycles. The van der Waals surface area contributed by atoms with Crippen molar-refractivity contribution >= 4 is 5.91 Å². The number of amides is 1. The molecule has 18 heavy (non-hydrogen) atoms. The van der Waals surface area contributed by atoms with Crippen LogP contribution >= 0.6 is 0 Å². The molecular formula is C13H22N4O. The number of imidazole rings is 1. The first-order chi connectivity index (χ1) is 8.38. The number of nitrogens with zero attached hydrogens (tertiary/aromatic N) is 3. The first kappa shape index (κ1) is 13.1. The van der Waals surface area contributed by atoms with Crippen molar-refractivity contribution < 1.29 is 4.79 Å². The van der Waals surface area contributed by atoms with Crippen LogP contribution in [0.25, 0.3) is 0 Å². The van der Waals surface area contributed by atoms with Crippen molar-refractivity contribution in [3.8, 4) is 0 Å². The smallest absolute Gasteiger partial charge is 0.237 e. The van der Waals surface area contributed by atoms with Crippen LogP contribution in [0.2, 0.25) is 0 Å². The molecule has 1 aliphatic heterocycles.